The van der Waals surface area contributed by atoms with Crippen LogP contribution in [0.2, 0.25) is 0 Å². The van der Waals surface area contributed by atoms with Gasteiger partial charge in [0.25, 0.3) is 5.91 Å². The van der Waals surface area contributed by atoms with Gasteiger partial charge < -0.3 is 10.6 Å². The van der Waals surface area contributed by atoms with Crippen molar-refractivity contribution in [1.82, 2.24) is 0 Å². The number of nitrogens with one attached hydrogen (secondary N) is 2. The second-order valence-electron chi connectivity index (χ2n) is 4.28. The number of halogens is 2. The lowest BCUT2D eigenvalue weighted by Crippen LogP contribution is -2.15. The predicted molar refractivity (Wildman–Crippen MR) is 75.0 cm³/mol. The van der Waals surface area contributed by atoms with Crippen LogP contribution in [-0.2, 0) is 0 Å². The van der Waals surface area contributed by atoms with E-state index in [9.17, 15) is 13.6 Å². The van der Waals surface area contributed by atoms with Crippen molar-refractivity contribution in [2.75, 3.05) is 17.7 Å². The zero-order chi connectivity index (χ0) is 14.7. The molecule has 2 aromatic rings. The van der Waals surface area contributed by atoms with E-state index in [0.29, 0.717) is 11.3 Å². The molecule has 0 aliphatic rings. The predicted octanol–water partition coefficient (Wildman–Crippen LogP) is 3.57. The third-order valence-corrected chi connectivity index (χ3v) is 3.02. The number of anilines is 2. The van der Waals surface area contributed by atoms with Crippen molar-refractivity contribution in [3.05, 3.63) is 59.2 Å². The molecule has 0 aromatic heterocycles. The molecule has 104 valence electrons. The van der Waals surface area contributed by atoms with E-state index in [1.54, 1.807) is 13.0 Å². The molecule has 0 bridgehead atoms. The Balaban J connectivity index is 2.34. The second kappa shape index (κ2) is 5.69. The fraction of sp³-hybridized carbons (Fsp3) is 0.133. The summed E-state index contributed by atoms with van der Waals surface area (Å²) in [4.78, 5) is 12.2. The van der Waals surface area contributed by atoms with Crippen LogP contribution in [0.3, 0.4) is 0 Å². The molecule has 0 aliphatic heterocycles. The summed E-state index contributed by atoms with van der Waals surface area (Å²) in [6, 6.07) is 8.61. The van der Waals surface area contributed by atoms with E-state index in [1.165, 1.54) is 37.4 Å². The molecular weight excluding hydrogens is 262 g/mol. The van der Waals surface area contributed by atoms with Crippen LogP contribution in [0, 0.1) is 18.6 Å². The number of amides is 1. The van der Waals surface area contributed by atoms with E-state index >= 15 is 0 Å². The highest BCUT2D eigenvalue weighted by atomic mass is 19.1. The fourth-order valence-electron chi connectivity index (χ4n) is 1.90. The third-order valence-electron chi connectivity index (χ3n) is 3.02. The highest BCUT2D eigenvalue weighted by molar-refractivity contribution is 6.08. The first-order chi connectivity index (χ1) is 9.54. The number of benzene rings is 2. The maximum absolute atomic E-state index is 13.6. The Morgan fingerprint density at radius 1 is 1.05 bits per heavy atom. The molecule has 2 aromatic carbocycles. The van der Waals surface area contributed by atoms with E-state index in [-0.39, 0.29) is 11.3 Å². The molecule has 0 saturated carbocycles. The molecule has 0 atom stereocenters. The molecule has 0 radical (unpaired) electrons. The first kappa shape index (κ1) is 14.0. The van der Waals surface area contributed by atoms with Gasteiger partial charge in [0.1, 0.15) is 11.6 Å². The zero-order valence-electron chi connectivity index (χ0n) is 11.1. The smallest absolute Gasteiger partial charge is 0.257 e. The molecule has 0 heterocycles. The number of hydrogen-bond donors (Lipinski definition) is 2. The van der Waals surface area contributed by atoms with Gasteiger partial charge in [-0.2, -0.15) is 0 Å². The molecule has 0 spiro atoms. The lowest BCUT2D eigenvalue weighted by molar-refractivity contribution is 0.102. The van der Waals surface area contributed by atoms with E-state index in [1.807, 2.05) is 0 Å². The second-order valence-corrected chi connectivity index (χ2v) is 4.28. The highest BCUT2D eigenvalue weighted by Crippen LogP contribution is 2.22. The highest BCUT2D eigenvalue weighted by Gasteiger charge is 2.15. The molecule has 0 unspecified atom stereocenters. The largest absolute Gasteiger partial charge is 0.385 e. The number of rotatable bonds is 3. The molecule has 0 fully saturated rings. The molecule has 3 nitrogen and oxygen atoms in total. The number of hydrogen-bond acceptors (Lipinski definition) is 2. The summed E-state index contributed by atoms with van der Waals surface area (Å²) in [6.45, 7) is 1.56. The van der Waals surface area contributed by atoms with Crippen molar-refractivity contribution in [2.45, 2.75) is 6.92 Å². The van der Waals surface area contributed by atoms with Crippen molar-refractivity contribution < 1.29 is 13.6 Å². The minimum absolute atomic E-state index is 0.110. The Bertz CT molecular complexity index is 656. The standard InChI is InChI=1S/C15H14F2N2O/c1-9-11(16)6-4-8-13(9)19-15(20)10-5-3-7-12(17)14(10)18-2/h3-8,18H,1-2H3,(H,19,20). The maximum atomic E-state index is 13.6. The van der Waals surface area contributed by atoms with Crippen LogP contribution in [0.4, 0.5) is 20.2 Å². The molecule has 1 amide bonds. The summed E-state index contributed by atoms with van der Waals surface area (Å²) in [6.07, 6.45) is 0. The van der Waals surface area contributed by atoms with Gasteiger partial charge in [-0.1, -0.05) is 12.1 Å². The fourth-order valence-corrected chi connectivity index (χ4v) is 1.90. The Kier molecular flexibility index (Phi) is 3.98. The summed E-state index contributed by atoms with van der Waals surface area (Å²) in [5.41, 5.74) is 0.972. The first-order valence-electron chi connectivity index (χ1n) is 6.07. The van der Waals surface area contributed by atoms with Gasteiger partial charge >= 0.3 is 0 Å². The first-order valence-corrected chi connectivity index (χ1v) is 6.07. The number of carbonyl (C=O) groups is 1. The lowest BCUT2D eigenvalue weighted by atomic mass is 10.1. The SMILES string of the molecule is CNc1c(F)cccc1C(=O)Nc1cccc(F)c1C. The molecule has 2 rings (SSSR count). The molecule has 2 N–H and O–H groups in total. The third kappa shape index (κ3) is 2.61. The Morgan fingerprint density at radius 2 is 1.70 bits per heavy atom. The van der Waals surface area contributed by atoms with Crippen molar-refractivity contribution in [2.24, 2.45) is 0 Å². The molecule has 0 aliphatic carbocycles. The Labute approximate surface area is 115 Å². The Hall–Kier alpha value is -2.43. The summed E-state index contributed by atoms with van der Waals surface area (Å²) < 4.78 is 27.0. The van der Waals surface area contributed by atoms with Gasteiger partial charge in [0.05, 0.1) is 11.3 Å². The molecule has 5 heteroatoms. The zero-order valence-corrected chi connectivity index (χ0v) is 11.1. The number of carbonyl (C=O) groups excluding carboxylic acids is 1. The van der Waals surface area contributed by atoms with Crippen molar-refractivity contribution in [3.63, 3.8) is 0 Å². The van der Waals surface area contributed by atoms with Crippen LogP contribution in [0.5, 0.6) is 0 Å². The molecular formula is C15H14F2N2O. The van der Waals surface area contributed by atoms with E-state index in [4.69, 9.17) is 0 Å². The monoisotopic (exact) mass is 276 g/mol. The summed E-state index contributed by atoms with van der Waals surface area (Å²) >= 11 is 0. The average Bonchev–Trinajstić information content (AvgIpc) is 2.43. The van der Waals surface area contributed by atoms with Crippen molar-refractivity contribution in [3.8, 4) is 0 Å². The van der Waals surface area contributed by atoms with Crippen LogP contribution in [-0.4, -0.2) is 13.0 Å². The average molecular weight is 276 g/mol. The van der Waals surface area contributed by atoms with E-state index < -0.39 is 17.5 Å². The van der Waals surface area contributed by atoms with Crippen molar-refractivity contribution >= 4 is 17.3 Å². The topological polar surface area (TPSA) is 41.1 Å². The van der Waals surface area contributed by atoms with Gasteiger partial charge in [-0.05, 0) is 31.2 Å². The normalized spacial score (nSPS) is 10.2. The van der Waals surface area contributed by atoms with Gasteiger partial charge in [0, 0.05) is 18.3 Å². The number of para-hydroxylation sites is 1. The Morgan fingerprint density at radius 3 is 2.40 bits per heavy atom. The van der Waals surface area contributed by atoms with Gasteiger partial charge in [-0.15, -0.1) is 0 Å². The molecule has 0 saturated heterocycles. The minimum Gasteiger partial charge on any atom is -0.385 e. The van der Waals surface area contributed by atoms with Crippen LogP contribution in [0.25, 0.3) is 0 Å². The summed E-state index contributed by atoms with van der Waals surface area (Å²) in [5, 5.41) is 5.23. The van der Waals surface area contributed by atoms with Gasteiger partial charge in [-0.25, -0.2) is 8.78 Å². The van der Waals surface area contributed by atoms with Crippen molar-refractivity contribution in [1.29, 1.82) is 0 Å². The van der Waals surface area contributed by atoms with Crippen LogP contribution in [0.1, 0.15) is 15.9 Å². The van der Waals surface area contributed by atoms with Crippen LogP contribution in [0.15, 0.2) is 36.4 Å². The molecule has 20 heavy (non-hydrogen) atoms. The van der Waals surface area contributed by atoms with Gasteiger partial charge in [0.15, 0.2) is 0 Å². The van der Waals surface area contributed by atoms with Gasteiger partial charge in [0.2, 0.25) is 0 Å². The lowest BCUT2D eigenvalue weighted by Gasteiger charge is -2.12. The minimum atomic E-state index is -0.517. The van der Waals surface area contributed by atoms with Crippen LogP contribution >= 0.6 is 0 Å². The van der Waals surface area contributed by atoms with E-state index in [2.05, 4.69) is 10.6 Å². The van der Waals surface area contributed by atoms with Crippen LogP contribution < -0.4 is 10.6 Å². The summed E-state index contributed by atoms with van der Waals surface area (Å²) in [7, 11) is 1.53. The van der Waals surface area contributed by atoms with E-state index in [0.717, 1.165) is 0 Å². The maximum Gasteiger partial charge on any atom is 0.257 e. The summed E-state index contributed by atoms with van der Waals surface area (Å²) in [5.74, 6) is -1.42. The van der Waals surface area contributed by atoms with Gasteiger partial charge in [-0.3, -0.25) is 4.79 Å². The quantitative estimate of drug-likeness (QED) is 0.899.